The van der Waals surface area contributed by atoms with Crippen molar-refractivity contribution in [2.24, 2.45) is 5.73 Å². The second kappa shape index (κ2) is 4.94. The summed E-state index contributed by atoms with van der Waals surface area (Å²) in [4.78, 5) is 10.7. The summed E-state index contributed by atoms with van der Waals surface area (Å²) in [6, 6.07) is 9.38. The summed E-state index contributed by atoms with van der Waals surface area (Å²) in [5.74, 6) is -0.377. The van der Waals surface area contributed by atoms with Gasteiger partial charge in [-0.2, -0.15) is 0 Å². The van der Waals surface area contributed by atoms with Gasteiger partial charge in [-0.15, -0.1) is 0 Å². The van der Waals surface area contributed by atoms with E-state index in [0.717, 1.165) is 5.56 Å². The first-order valence-corrected chi connectivity index (χ1v) is 5.14. The third kappa shape index (κ3) is 3.06. The molecular formula is C12H17NO2. The standard InChI is InChI=1S/C12H17NO2/c1-2-12(15,9-8-11(13)14)10-6-4-3-5-7-10/h3-7,15H,2,8-9H2,1H3,(H2,13,14)/t12-/m1/s1. The zero-order valence-electron chi connectivity index (χ0n) is 8.94. The van der Waals surface area contributed by atoms with Gasteiger partial charge in [-0.05, 0) is 18.4 Å². The van der Waals surface area contributed by atoms with Crippen molar-refractivity contribution in [3.8, 4) is 0 Å². The van der Waals surface area contributed by atoms with E-state index in [1.54, 1.807) is 0 Å². The van der Waals surface area contributed by atoms with Crippen molar-refractivity contribution >= 4 is 5.91 Å². The summed E-state index contributed by atoms with van der Waals surface area (Å²) in [5, 5.41) is 10.3. The topological polar surface area (TPSA) is 63.3 Å². The lowest BCUT2D eigenvalue weighted by molar-refractivity contribution is -0.119. The average Bonchev–Trinajstić information content (AvgIpc) is 2.27. The van der Waals surface area contributed by atoms with Crippen molar-refractivity contribution in [3.05, 3.63) is 35.9 Å². The van der Waals surface area contributed by atoms with Crippen LogP contribution in [0.1, 0.15) is 31.7 Å². The lowest BCUT2D eigenvalue weighted by Gasteiger charge is -2.26. The Morgan fingerprint density at radius 3 is 2.47 bits per heavy atom. The smallest absolute Gasteiger partial charge is 0.217 e. The lowest BCUT2D eigenvalue weighted by Crippen LogP contribution is -2.27. The first-order chi connectivity index (χ1) is 7.08. The van der Waals surface area contributed by atoms with Crippen LogP contribution in [-0.4, -0.2) is 11.0 Å². The van der Waals surface area contributed by atoms with Gasteiger partial charge >= 0.3 is 0 Å². The summed E-state index contributed by atoms with van der Waals surface area (Å²) in [5.41, 5.74) is 4.99. The Hall–Kier alpha value is -1.35. The number of hydrogen-bond donors (Lipinski definition) is 2. The molecular weight excluding hydrogens is 190 g/mol. The zero-order valence-corrected chi connectivity index (χ0v) is 8.94. The van der Waals surface area contributed by atoms with E-state index in [-0.39, 0.29) is 12.3 Å². The van der Waals surface area contributed by atoms with Gasteiger partial charge in [0.2, 0.25) is 5.91 Å². The molecule has 1 aromatic carbocycles. The summed E-state index contributed by atoms with van der Waals surface area (Å²) >= 11 is 0. The summed E-state index contributed by atoms with van der Waals surface area (Å²) in [7, 11) is 0. The molecule has 0 bridgehead atoms. The molecule has 1 aromatic rings. The van der Waals surface area contributed by atoms with E-state index in [1.807, 2.05) is 37.3 Å². The number of hydrogen-bond acceptors (Lipinski definition) is 2. The van der Waals surface area contributed by atoms with Gasteiger partial charge in [0.05, 0.1) is 5.60 Å². The molecule has 0 aliphatic rings. The van der Waals surface area contributed by atoms with Crippen LogP contribution in [-0.2, 0) is 10.4 Å². The molecule has 0 heterocycles. The van der Waals surface area contributed by atoms with Crippen molar-refractivity contribution in [3.63, 3.8) is 0 Å². The third-order valence-corrected chi connectivity index (χ3v) is 2.68. The van der Waals surface area contributed by atoms with Gasteiger partial charge < -0.3 is 10.8 Å². The highest BCUT2D eigenvalue weighted by Crippen LogP contribution is 2.29. The number of benzene rings is 1. The lowest BCUT2D eigenvalue weighted by atomic mass is 9.87. The van der Waals surface area contributed by atoms with Gasteiger partial charge in [-0.25, -0.2) is 0 Å². The number of carbonyl (C=O) groups is 1. The molecule has 0 fully saturated rings. The molecule has 0 saturated heterocycles. The fourth-order valence-corrected chi connectivity index (χ4v) is 1.60. The monoisotopic (exact) mass is 207 g/mol. The number of amides is 1. The maximum Gasteiger partial charge on any atom is 0.217 e. The SMILES string of the molecule is CC[C@@](O)(CCC(N)=O)c1ccccc1. The minimum atomic E-state index is -0.934. The van der Waals surface area contributed by atoms with Gasteiger partial charge in [-0.3, -0.25) is 4.79 Å². The van der Waals surface area contributed by atoms with Crippen molar-refractivity contribution in [2.75, 3.05) is 0 Å². The van der Waals surface area contributed by atoms with Crippen molar-refractivity contribution < 1.29 is 9.90 Å². The van der Waals surface area contributed by atoms with Crippen molar-refractivity contribution in [2.45, 2.75) is 31.8 Å². The summed E-state index contributed by atoms with van der Waals surface area (Å²) in [6.45, 7) is 1.90. The Morgan fingerprint density at radius 1 is 1.40 bits per heavy atom. The number of nitrogens with two attached hydrogens (primary N) is 1. The molecule has 82 valence electrons. The van der Waals surface area contributed by atoms with Crippen molar-refractivity contribution in [1.29, 1.82) is 0 Å². The van der Waals surface area contributed by atoms with Gasteiger partial charge in [0, 0.05) is 6.42 Å². The van der Waals surface area contributed by atoms with E-state index in [9.17, 15) is 9.90 Å². The largest absolute Gasteiger partial charge is 0.385 e. The Labute approximate surface area is 89.9 Å². The molecule has 3 nitrogen and oxygen atoms in total. The Balaban J connectivity index is 2.80. The van der Waals surface area contributed by atoms with Gasteiger partial charge in [0.1, 0.15) is 0 Å². The van der Waals surface area contributed by atoms with Gasteiger partial charge in [-0.1, -0.05) is 37.3 Å². The number of primary amides is 1. The molecule has 3 N–H and O–H groups in total. The van der Waals surface area contributed by atoms with Crippen LogP contribution in [0.5, 0.6) is 0 Å². The first-order valence-electron chi connectivity index (χ1n) is 5.14. The second-order valence-electron chi connectivity index (χ2n) is 3.72. The normalized spacial score (nSPS) is 14.5. The van der Waals surface area contributed by atoms with Crippen LogP contribution in [0, 0.1) is 0 Å². The minimum Gasteiger partial charge on any atom is -0.385 e. The summed E-state index contributed by atoms with van der Waals surface area (Å²) in [6.07, 6.45) is 1.16. The molecule has 1 rings (SSSR count). The van der Waals surface area contributed by atoms with E-state index < -0.39 is 5.60 Å². The third-order valence-electron chi connectivity index (χ3n) is 2.68. The predicted octanol–water partition coefficient (Wildman–Crippen LogP) is 1.55. The Kier molecular flexibility index (Phi) is 3.86. The first kappa shape index (κ1) is 11.7. The van der Waals surface area contributed by atoms with E-state index in [4.69, 9.17) is 5.73 Å². The van der Waals surface area contributed by atoms with Gasteiger partial charge in [0.25, 0.3) is 0 Å². The summed E-state index contributed by atoms with van der Waals surface area (Å²) < 4.78 is 0. The Bertz CT molecular complexity index is 324. The molecule has 0 saturated carbocycles. The minimum absolute atomic E-state index is 0.208. The van der Waals surface area contributed by atoms with Crippen LogP contribution in [0.15, 0.2) is 30.3 Å². The second-order valence-corrected chi connectivity index (χ2v) is 3.72. The van der Waals surface area contributed by atoms with E-state index in [0.29, 0.717) is 12.8 Å². The predicted molar refractivity (Wildman–Crippen MR) is 59.1 cm³/mol. The average molecular weight is 207 g/mol. The zero-order chi connectivity index (χ0) is 11.3. The van der Waals surface area contributed by atoms with Crippen LogP contribution >= 0.6 is 0 Å². The maximum absolute atomic E-state index is 10.7. The molecule has 3 heteroatoms. The quantitative estimate of drug-likeness (QED) is 0.769. The highest BCUT2D eigenvalue weighted by molar-refractivity contribution is 5.73. The van der Waals surface area contributed by atoms with E-state index >= 15 is 0 Å². The molecule has 0 aliphatic heterocycles. The molecule has 15 heavy (non-hydrogen) atoms. The van der Waals surface area contributed by atoms with Crippen LogP contribution in [0.25, 0.3) is 0 Å². The molecule has 0 radical (unpaired) electrons. The molecule has 1 atom stereocenters. The van der Waals surface area contributed by atoms with Crippen molar-refractivity contribution in [1.82, 2.24) is 0 Å². The highest BCUT2D eigenvalue weighted by atomic mass is 16.3. The Morgan fingerprint density at radius 2 is 2.00 bits per heavy atom. The van der Waals surface area contributed by atoms with E-state index in [1.165, 1.54) is 0 Å². The van der Waals surface area contributed by atoms with Gasteiger partial charge in [0.15, 0.2) is 0 Å². The van der Waals surface area contributed by atoms with Crippen LogP contribution in [0.4, 0.5) is 0 Å². The highest BCUT2D eigenvalue weighted by Gasteiger charge is 2.26. The number of carbonyl (C=O) groups excluding carboxylic acids is 1. The molecule has 0 unspecified atom stereocenters. The molecule has 1 amide bonds. The van der Waals surface area contributed by atoms with Crippen LogP contribution in [0.2, 0.25) is 0 Å². The molecule has 0 spiro atoms. The number of aliphatic hydroxyl groups is 1. The molecule has 0 aromatic heterocycles. The van der Waals surface area contributed by atoms with Crippen LogP contribution < -0.4 is 5.73 Å². The van der Waals surface area contributed by atoms with Crippen LogP contribution in [0.3, 0.4) is 0 Å². The fraction of sp³-hybridized carbons (Fsp3) is 0.417. The number of rotatable bonds is 5. The maximum atomic E-state index is 10.7. The fourth-order valence-electron chi connectivity index (χ4n) is 1.60. The van der Waals surface area contributed by atoms with E-state index in [2.05, 4.69) is 0 Å². The molecule has 0 aliphatic carbocycles.